The molecule has 166 valence electrons. The van der Waals surface area contributed by atoms with Crippen LogP contribution in [0.15, 0.2) is 65.6 Å². The highest BCUT2D eigenvalue weighted by molar-refractivity contribution is 7.12. The SMILES string of the molecule is COc1cc(C=C2C(=O)NC(=O)N(c3ccc(F)cc3)C2=O)ccc1OC(=O)c1cccs1. The van der Waals surface area contributed by atoms with Crippen molar-refractivity contribution in [2.75, 3.05) is 12.0 Å². The van der Waals surface area contributed by atoms with Gasteiger partial charge in [-0.2, -0.15) is 0 Å². The van der Waals surface area contributed by atoms with Gasteiger partial charge < -0.3 is 9.47 Å². The quantitative estimate of drug-likeness (QED) is 0.266. The van der Waals surface area contributed by atoms with Crippen LogP contribution in [0, 0.1) is 5.82 Å². The fourth-order valence-corrected chi connectivity index (χ4v) is 3.65. The van der Waals surface area contributed by atoms with Gasteiger partial charge in [0, 0.05) is 0 Å². The van der Waals surface area contributed by atoms with Gasteiger partial charge in [-0.15, -0.1) is 11.3 Å². The zero-order chi connectivity index (χ0) is 23.5. The molecule has 0 radical (unpaired) electrons. The van der Waals surface area contributed by atoms with Gasteiger partial charge in [0.25, 0.3) is 11.8 Å². The third kappa shape index (κ3) is 4.51. The molecule has 4 rings (SSSR count). The van der Waals surface area contributed by atoms with E-state index in [1.807, 2.05) is 0 Å². The molecular weight excluding hydrogens is 451 g/mol. The number of hydrogen-bond donors (Lipinski definition) is 1. The topological polar surface area (TPSA) is 102 Å². The summed E-state index contributed by atoms with van der Waals surface area (Å²) in [6, 6.07) is 11.6. The Hall–Kier alpha value is -4.31. The van der Waals surface area contributed by atoms with Crippen LogP contribution in [0.4, 0.5) is 14.9 Å². The van der Waals surface area contributed by atoms with E-state index in [1.165, 1.54) is 54.9 Å². The lowest BCUT2D eigenvalue weighted by atomic mass is 10.1. The highest BCUT2D eigenvalue weighted by Crippen LogP contribution is 2.31. The first kappa shape index (κ1) is 21.9. The zero-order valence-corrected chi connectivity index (χ0v) is 17.9. The molecule has 1 aliphatic heterocycles. The molecule has 3 aromatic rings. The number of rotatable bonds is 5. The van der Waals surface area contributed by atoms with E-state index in [0.717, 1.165) is 17.0 Å². The molecule has 4 amide bonds. The average molecular weight is 466 g/mol. The van der Waals surface area contributed by atoms with Crippen molar-refractivity contribution in [2.24, 2.45) is 0 Å². The van der Waals surface area contributed by atoms with Gasteiger partial charge in [0.05, 0.1) is 12.8 Å². The van der Waals surface area contributed by atoms with Crippen LogP contribution < -0.4 is 19.7 Å². The van der Waals surface area contributed by atoms with Gasteiger partial charge in [0.1, 0.15) is 16.3 Å². The number of urea groups is 1. The van der Waals surface area contributed by atoms with Gasteiger partial charge in [-0.05, 0) is 59.5 Å². The lowest BCUT2D eigenvalue weighted by Gasteiger charge is -2.26. The molecule has 1 fully saturated rings. The van der Waals surface area contributed by atoms with Crippen LogP contribution in [0.2, 0.25) is 0 Å². The van der Waals surface area contributed by atoms with Gasteiger partial charge >= 0.3 is 12.0 Å². The number of halogens is 1. The van der Waals surface area contributed by atoms with Gasteiger partial charge in [-0.25, -0.2) is 18.9 Å². The third-order valence-corrected chi connectivity index (χ3v) is 5.46. The predicted molar refractivity (Wildman–Crippen MR) is 118 cm³/mol. The number of thiophene rings is 1. The van der Waals surface area contributed by atoms with Gasteiger partial charge in [0.15, 0.2) is 11.5 Å². The second-order valence-electron chi connectivity index (χ2n) is 6.71. The van der Waals surface area contributed by atoms with Crippen molar-refractivity contribution in [1.82, 2.24) is 5.32 Å². The van der Waals surface area contributed by atoms with Crippen LogP contribution in [0.3, 0.4) is 0 Å². The number of benzene rings is 2. The summed E-state index contributed by atoms with van der Waals surface area (Å²) in [6.45, 7) is 0. The lowest BCUT2D eigenvalue weighted by Crippen LogP contribution is -2.54. The minimum atomic E-state index is -0.942. The molecule has 1 aromatic heterocycles. The molecule has 0 aliphatic carbocycles. The number of imide groups is 2. The minimum Gasteiger partial charge on any atom is -0.493 e. The van der Waals surface area contributed by atoms with Crippen LogP contribution in [0.5, 0.6) is 11.5 Å². The first-order valence-electron chi connectivity index (χ1n) is 9.48. The molecule has 33 heavy (non-hydrogen) atoms. The van der Waals surface area contributed by atoms with Gasteiger partial charge in [-0.1, -0.05) is 12.1 Å². The monoisotopic (exact) mass is 466 g/mol. The van der Waals surface area contributed by atoms with E-state index in [9.17, 15) is 23.6 Å². The number of nitrogens with zero attached hydrogens (tertiary/aromatic N) is 1. The fraction of sp³-hybridized carbons (Fsp3) is 0.0435. The molecule has 2 heterocycles. The van der Waals surface area contributed by atoms with Crippen molar-refractivity contribution in [2.45, 2.75) is 0 Å². The molecule has 0 atom stereocenters. The molecule has 2 aromatic carbocycles. The van der Waals surface area contributed by atoms with Gasteiger partial charge in [0.2, 0.25) is 0 Å². The Morgan fingerprint density at radius 2 is 1.82 bits per heavy atom. The second-order valence-corrected chi connectivity index (χ2v) is 7.66. The molecule has 10 heteroatoms. The molecule has 0 bridgehead atoms. The van der Waals surface area contributed by atoms with Crippen molar-refractivity contribution in [3.05, 3.63) is 81.8 Å². The Bertz CT molecular complexity index is 1280. The first-order chi connectivity index (χ1) is 15.9. The standard InChI is InChI=1S/C23H15FN2O6S/c1-31-18-12-13(4-9-17(18)32-22(29)19-3-2-10-33-19)11-16-20(27)25-23(30)26(21(16)28)15-7-5-14(24)6-8-15/h2-12H,1H3,(H,25,27,30). The highest BCUT2D eigenvalue weighted by atomic mass is 32.1. The van der Waals surface area contributed by atoms with Crippen molar-refractivity contribution in [3.8, 4) is 11.5 Å². The maximum atomic E-state index is 13.2. The predicted octanol–water partition coefficient (Wildman–Crippen LogP) is 3.78. The summed E-state index contributed by atoms with van der Waals surface area (Å²) in [5, 5.41) is 3.84. The number of hydrogen-bond acceptors (Lipinski definition) is 7. The van der Waals surface area contributed by atoms with Crippen LogP contribution in [-0.2, 0) is 9.59 Å². The van der Waals surface area contributed by atoms with E-state index in [1.54, 1.807) is 17.5 Å². The summed E-state index contributed by atoms with van der Waals surface area (Å²) in [5.74, 6) is -2.49. The first-order valence-corrected chi connectivity index (χ1v) is 10.4. The van der Waals surface area contributed by atoms with Crippen molar-refractivity contribution in [3.63, 3.8) is 0 Å². The Kier molecular flexibility index (Phi) is 6.01. The maximum Gasteiger partial charge on any atom is 0.353 e. The van der Waals surface area contributed by atoms with Crippen molar-refractivity contribution in [1.29, 1.82) is 0 Å². The van der Waals surface area contributed by atoms with E-state index < -0.39 is 29.6 Å². The number of carbonyl (C=O) groups is 4. The van der Waals surface area contributed by atoms with E-state index in [0.29, 0.717) is 10.4 Å². The van der Waals surface area contributed by atoms with E-state index in [2.05, 4.69) is 5.32 Å². The van der Waals surface area contributed by atoms with Gasteiger partial charge in [-0.3, -0.25) is 14.9 Å². The number of esters is 1. The molecular formula is C23H15FN2O6S. The molecule has 1 saturated heterocycles. The van der Waals surface area contributed by atoms with Crippen LogP contribution >= 0.6 is 11.3 Å². The zero-order valence-electron chi connectivity index (χ0n) is 17.0. The summed E-state index contributed by atoms with van der Waals surface area (Å²) >= 11 is 1.23. The Labute approximate surface area is 190 Å². The second kappa shape index (κ2) is 9.05. The molecule has 8 nitrogen and oxygen atoms in total. The van der Waals surface area contributed by atoms with Crippen LogP contribution in [-0.4, -0.2) is 30.9 Å². The Morgan fingerprint density at radius 1 is 1.06 bits per heavy atom. The number of ether oxygens (including phenoxy) is 2. The summed E-state index contributed by atoms with van der Waals surface area (Å²) in [5.41, 5.74) is 0.171. The normalized spacial score (nSPS) is 14.9. The molecule has 1 aliphatic rings. The molecule has 0 saturated carbocycles. The summed E-state index contributed by atoms with van der Waals surface area (Å²) in [4.78, 5) is 50.9. The minimum absolute atomic E-state index is 0.103. The Morgan fingerprint density at radius 3 is 2.48 bits per heavy atom. The average Bonchev–Trinajstić information content (AvgIpc) is 3.34. The van der Waals surface area contributed by atoms with E-state index in [-0.39, 0.29) is 22.8 Å². The number of methoxy groups -OCH3 is 1. The van der Waals surface area contributed by atoms with E-state index in [4.69, 9.17) is 9.47 Å². The largest absolute Gasteiger partial charge is 0.493 e. The number of nitrogens with one attached hydrogen (secondary N) is 1. The third-order valence-electron chi connectivity index (χ3n) is 4.61. The summed E-state index contributed by atoms with van der Waals surface area (Å²) in [6.07, 6.45) is 1.27. The molecule has 0 unspecified atom stereocenters. The number of anilines is 1. The van der Waals surface area contributed by atoms with Crippen LogP contribution in [0.25, 0.3) is 6.08 Å². The Balaban J connectivity index is 1.63. The van der Waals surface area contributed by atoms with Crippen molar-refractivity contribution < 1.29 is 33.0 Å². The number of barbiturate groups is 1. The van der Waals surface area contributed by atoms with Crippen LogP contribution in [0.1, 0.15) is 15.2 Å². The number of carbonyl (C=O) groups excluding carboxylic acids is 4. The smallest absolute Gasteiger partial charge is 0.353 e. The highest BCUT2D eigenvalue weighted by Gasteiger charge is 2.36. The molecule has 0 spiro atoms. The van der Waals surface area contributed by atoms with E-state index >= 15 is 0 Å². The summed E-state index contributed by atoms with van der Waals surface area (Å²) < 4.78 is 23.9. The lowest BCUT2D eigenvalue weighted by molar-refractivity contribution is -0.122. The summed E-state index contributed by atoms with van der Waals surface area (Å²) in [7, 11) is 1.38. The number of amides is 4. The fourth-order valence-electron chi connectivity index (χ4n) is 3.05. The maximum absolute atomic E-state index is 13.2. The molecule has 1 N–H and O–H groups in total. The van der Waals surface area contributed by atoms with Crippen molar-refractivity contribution >= 4 is 46.9 Å².